The molecule has 0 bridgehead atoms. The quantitative estimate of drug-likeness (QED) is 0.542. The number of aryl methyl sites for hydroxylation is 1. The van der Waals surface area contributed by atoms with Crippen LogP contribution >= 0.6 is 11.8 Å². The summed E-state index contributed by atoms with van der Waals surface area (Å²) >= 11 is 1.04. The molecule has 3 rings (SSSR count). The monoisotopic (exact) mass is 306 g/mol. The van der Waals surface area contributed by atoms with Gasteiger partial charge in [-0.05, 0) is 12.5 Å². The Morgan fingerprint density at radius 2 is 1.82 bits per heavy atom. The molecule has 0 amide bonds. The summed E-state index contributed by atoms with van der Waals surface area (Å²) in [7, 11) is 0. The largest absolute Gasteiger partial charge is 0.239 e. The maximum absolute atomic E-state index is 8.97. The fourth-order valence-corrected chi connectivity index (χ4v) is 2.74. The molecule has 0 atom stereocenters. The lowest BCUT2D eigenvalue weighted by molar-refractivity contribution is 0.654. The second-order valence-electron chi connectivity index (χ2n) is 4.95. The maximum Gasteiger partial charge on any atom is 0.161 e. The highest BCUT2D eigenvalue weighted by Gasteiger charge is 2.15. The van der Waals surface area contributed by atoms with Crippen molar-refractivity contribution in [2.75, 3.05) is 0 Å². The lowest BCUT2D eigenvalue weighted by Crippen LogP contribution is -2.04. The van der Waals surface area contributed by atoms with Gasteiger partial charge in [-0.2, -0.15) is 5.26 Å². The third kappa shape index (κ3) is 3.02. The molecule has 4 nitrogen and oxygen atoms in total. The molecule has 1 aromatic heterocycles. The number of thioether (sulfide) groups is 1. The van der Waals surface area contributed by atoms with Crippen LogP contribution in [0.15, 0.2) is 59.6 Å². The molecule has 5 heteroatoms. The van der Waals surface area contributed by atoms with Gasteiger partial charge in [-0.15, -0.1) is 5.10 Å². The average molecular weight is 306 g/mol. The summed E-state index contributed by atoms with van der Waals surface area (Å²) in [4.78, 5) is 0. The smallest absolute Gasteiger partial charge is 0.161 e. The Hall–Kier alpha value is -2.58. The highest BCUT2D eigenvalue weighted by molar-refractivity contribution is 8.03. The first-order valence-electron chi connectivity index (χ1n) is 6.88. The Labute approximate surface area is 133 Å². The van der Waals surface area contributed by atoms with E-state index < -0.39 is 0 Å². The van der Waals surface area contributed by atoms with E-state index in [1.165, 1.54) is 5.56 Å². The first kappa shape index (κ1) is 14.4. The third-order valence-corrected chi connectivity index (χ3v) is 3.91. The number of hydrogen-bond acceptors (Lipinski definition) is 4. The number of rotatable bonds is 4. The molecule has 0 aliphatic rings. The normalized spacial score (nSPS) is 10.4. The van der Waals surface area contributed by atoms with Gasteiger partial charge in [0.05, 0.1) is 6.54 Å². The first-order chi connectivity index (χ1) is 10.8. The van der Waals surface area contributed by atoms with Gasteiger partial charge in [0.1, 0.15) is 11.1 Å². The van der Waals surface area contributed by atoms with Crippen molar-refractivity contribution in [3.8, 4) is 16.7 Å². The van der Waals surface area contributed by atoms with Crippen LogP contribution in [-0.4, -0.2) is 15.0 Å². The molecule has 3 aromatic rings. The third-order valence-electron chi connectivity index (χ3n) is 3.35. The van der Waals surface area contributed by atoms with Gasteiger partial charge < -0.3 is 0 Å². The van der Waals surface area contributed by atoms with Crippen molar-refractivity contribution in [3.63, 3.8) is 0 Å². The van der Waals surface area contributed by atoms with Crippen molar-refractivity contribution in [1.82, 2.24) is 15.0 Å². The molecule has 108 valence electrons. The fraction of sp³-hybridized carbons (Fsp3) is 0.118. The SMILES string of the molecule is Cc1ccc(-c2c(SC#N)nnn2Cc2ccccc2)cc1. The Bertz CT molecular complexity index is 801. The van der Waals surface area contributed by atoms with Gasteiger partial charge in [-0.3, -0.25) is 0 Å². The molecule has 0 unspecified atom stereocenters. The molecule has 0 radical (unpaired) electrons. The molecule has 0 aliphatic heterocycles. The zero-order chi connectivity index (χ0) is 15.4. The summed E-state index contributed by atoms with van der Waals surface area (Å²) in [6, 6.07) is 18.3. The van der Waals surface area contributed by atoms with Gasteiger partial charge in [-0.1, -0.05) is 65.4 Å². The lowest BCUT2D eigenvalue weighted by Gasteiger charge is -2.08. The molecule has 0 spiro atoms. The van der Waals surface area contributed by atoms with E-state index >= 15 is 0 Å². The van der Waals surface area contributed by atoms with E-state index in [0.717, 1.165) is 28.6 Å². The number of aromatic nitrogens is 3. The Morgan fingerprint density at radius 3 is 2.50 bits per heavy atom. The number of benzene rings is 2. The van der Waals surface area contributed by atoms with Crippen LogP contribution in [0.25, 0.3) is 11.3 Å². The topological polar surface area (TPSA) is 54.5 Å². The van der Waals surface area contributed by atoms with E-state index in [9.17, 15) is 0 Å². The average Bonchev–Trinajstić information content (AvgIpc) is 2.92. The van der Waals surface area contributed by atoms with E-state index in [4.69, 9.17) is 5.26 Å². The van der Waals surface area contributed by atoms with Crippen molar-refractivity contribution in [2.45, 2.75) is 18.5 Å². The van der Waals surface area contributed by atoms with Crippen LogP contribution in [0.4, 0.5) is 0 Å². The Morgan fingerprint density at radius 1 is 1.09 bits per heavy atom. The zero-order valence-electron chi connectivity index (χ0n) is 12.1. The van der Waals surface area contributed by atoms with Crippen molar-refractivity contribution < 1.29 is 0 Å². The van der Waals surface area contributed by atoms with Gasteiger partial charge in [-0.25, -0.2) is 4.68 Å². The number of hydrogen-bond donors (Lipinski definition) is 0. The van der Waals surface area contributed by atoms with Crippen molar-refractivity contribution in [3.05, 3.63) is 65.7 Å². The molecule has 0 aliphatic carbocycles. The van der Waals surface area contributed by atoms with Crippen molar-refractivity contribution in [2.24, 2.45) is 0 Å². The van der Waals surface area contributed by atoms with E-state index in [2.05, 4.69) is 40.0 Å². The van der Waals surface area contributed by atoms with Crippen LogP contribution in [0.3, 0.4) is 0 Å². The van der Waals surface area contributed by atoms with Crippen LogP contribution in [0, 0.1) is 17.6 Å². The highest BCUT2D eigenvalue weighted by Crippen LogP contribution is 2.29. The standard InChI is InChI=1S/C17H14N4S/c1-13-7-9-15(10-8-13)16-17(22-12-18)19-20-21(16)11-14-5-3-2-4-6-14/h2-10H,11H2,1H3. The first-order valence-corrected chi connectivity index (χ1v) is 7.70. The van der Waals surface area contributed by atoms with Crippen LogP contribution in [0.5, 0.6) is 0 Å². The molecule has 0 saturated carbocycles. The summed E-state index contributed by atoms with van der Waals surface area (Å²) in [6.45, 7) is 2.68. The molecule has 0 N–H and O–H groups in total. The second kappa shape index (κ2) is 6.46. The van der Waals surface area contributed by atoms with Crippen molar-refractivity contribution >= 4 is 11.8 Å². The number of nitrogens with zero attached hydrogens (tertiary/aromatic N) is 4. The van der Waals surface area contributed by atoms with Crippen LogP contribution in [0.1, 0.15) is 11.1 Å². The van der Waals surface area contributed by atoms with Gasteiger partial charge >= 0.3 is 0 Å². The molecular formula is C17H14N4S. The summed E-state index contributed by atoms with van der Waals surface area (Å²) in [5, 5.41) is 20.1. The van der Waals surface area contributed by atoms with Gasteiger partial charge in [0, 0.05) is 17.3 Å². The predicted molar refractivity (Wildman–Crippen MR) is 87.2 cm³/mol. The summed E-state index contributed by atoms with van der Waals surface area (Å²) < 4.78 is 1.85. The molecular weight excluding hydrogens is 292 g/mol. The second-order valence-corrected chi connectivity index (χ2v) is 5.72. The summed E-state index contributed by atoms with van der Waals surface area (Å²) in [5.41, 5.74) is 4.24. The summed E-state index contributed by atoms with van der Waals surface area (Å²) in [5.74, 6) is 0. The fourth-order valence-electron chi connectivity index (χ4n) is 2.26. The lowest BCUT2D eigenvalue weighted by atomic mass is 10.1. The minimum atomic E-state index is 0.628. The van der Waals surface area contributed by atoms with Crippen LogP contribution in [-0.2, 0) is 6.54 Å². The van der Waals surface area contributed by atoms with Gasteiger partial charge in [0.25, 0.3) is 0 Å². The predicted octanol–water partition coefficient (Wildman–Crippen LogP) is 3.88. The van der Waals surface area contributed by atoms with E-state index in [-0.39, 0.29) is 0 Å². The van der Waals surface area contributed by atoms with E-state index in [0.29, 0.717) is 11.6 Å². The van der Waals surface area contributed by atoms with Crippen molar-refractivity contribution in [1.29, 1.82) is 5.26 Å². The molecule has 2 aromatic carbocycles. The van der Waals surface area contributed by atoms with E-state index in [1.807, 2.05) is 41.9 Å². The minimum absolute atomic E-state index is 0.628. The molecule has 1 heterocycles. The van der Waals surface area contributed by atoms with Gasteiger partial charge in [0.15, 0.2) is 5.03 Å². The summed E-state index contributed by atoms with van der Waals surface area (Å²) in [6.07, 6.45) is 0. The van der Waals surface area contributed by atoms with E-state index in [1.54, 1.807) is 0 Å². The molecule has 22 heavy (non-hydrogen) atoms. The zero-order valence-corrected chi connectivity index (χ0v) is 12.9. The Kier molecular flexibility index (Phi) is 4.22. The maximum atomic E-state index is 8.97. The van der Waals surface area contributed by atoms with Gasteiger partial charge in [0.2, 0.25) is 0 Å². The minimum Gasteiger partial charge on any atom is -0.239 e. The molecule has 0 saturated heterocycles. The molecule has 0 fully saturated rings. The van der Waals surface area contributed by atoms with Crippen LogP contribution < -0.4 is 0 Å². The highest BCUT2D eigenvalue weighted by atomic mass is 32.2. The number of nitriles is 1. The number of thiocyanates is 1. The van der Waals surface area contributed by atoms with Crippen LogP contribution in [0.2, 0.25) is 0 Å². The Balaban J connectivity index is 2.03.